The summed E-state index contributed by atoms with van der Waals surface area (Å²) in [5.74, 6) is 0. The number of nitrogens with one attached hydrogen (secondary N) is 1. The Hall–Kier alpha value is -1.25. The number of aromatic amines is 1. The Morgan fingerprint density at radius 3 is 2.36 bits per heavy atom. The van der Waals surface area contributed by atoms with Crippen LogP contribution in [0.3, 0.4) is 0 Å². The molecule has 0 bridgehead atoms. The number of nitrogens with two attached hydrogens (primary N) is 1. The monoisotopic (exact) mass is 206 g/mol. The van der Waals surface area contributed by atoms with Crippen molar-refractivity contribution in [1.29, 1.82) is 0 Å². The summed E-state index contributed by atoms with van der Waals surface area (Å²) in [6.45, 7) is 0.535. The van der Waals surface area contributed by atoms with E-state index in [0.717, 1.165) is 22.0 Å². The molecule has 0 aliphatic heterocycles. The van der Waals surface area contributed by atoms with E-state index in [4.69, 9.17) is 17.3 Å². The molecule has 0 spiro atoms. The third kappa shape index (κ3) is 1.81. The fraction of sp³-hybridized carbons (Fsp3) is 0.0909. The molecular weight excluding hydrogens is 196 g/mol. The summed E-state index contributed by atoms with van der Waals surface area (Å²) in [5.41, 5.74) is 8.74. The zero-order valence-corrected chi connectivity index (χ0v) is 8.38. The quantitative estimate of drug-likeness (QED) is 0.780. The molecule has 0 unspecified atom stereocenters. The molecule has 0 radical (unpaired) electrons. The number of aromatic nitrogens is 1. The largest absolute Gasteiger partial charge is 0.357 e. The lowest BCUT2D eigenvalue weighted by Gasteiger charge is -1.97. The first-order chi connectivity index (χ1) is 6.79. The molecule has 3 N–H and O–H groups in total. The van der Waals surface area contributed by atoms with Gasteiger partial charge >= 0.3 is 0 Å². The van der Waals surface area contributed by atoms with Crippen molar-refractivity contribution in [2.75, 3.05) is 0 Å². The molecule has 72 valence electrons. The summed E-state index contributed by atoms with van der Waals surface area (Å²) < 4.78 is 0. The second-order valence-electron chi connectivity index (χ2n) is 3.11. The van der Waals surface area contributed by atoms with E-state index in [2.05, 4.69) is 4.98 Å². The highest BCUT2D eigenvalue weighted by molar-refractivity contribution is 6.30. The van der Waals surface area contributed by atoms with Crippen LogP contribution in [0, 0.1) is 0 Å². The van der Waals surface area contributed by atoms with Gasteiger partial charge in [-0.25, -0.2) is 0 Å². The molecule has 1 aromatic carbocycles. The molecule has 3 heteroatoms. The van der Waals surface area contributed by atoms with Crippen LogP contribution >= 0.6 is 11.6 Å². The molecule has 0 aliphatic carbocycles. The Kier molecular flexibility index (Phi) is 2.57. The maximum Gasteiger partial charge on any atom is 0.0456 e. The summed E-state index contributed by atoms with van der Waals surface area (Å²) >= 11 is 5.80. The summed E-state index contributed by atoms with van der Waals surface area (Å²) in [6, 6.07) is 11.7. The van der Waals surface area contributed by atoms with Crippen LogP contribution in [0.15, 0.2) is 36.4 Å². The van der Waals surface area contributed by atoms with Crippen LogP contribution < -0.4 is 5.73 Å². The van der Waals surface area contributed by atoms with Gasteiger partial charge < -0.3 is 10.7 Å². The van der Waals surface area contributed by atoms with E-state index in [-0.39, 0.29) is 0 Å². The Labute approximate surface area is 87.7 Å². The minimum absolute atomic E-state index is 0.535. The molecule has 0 fully saturated rings. The van der Waals surface area contributed by atoms with Crippen molar-refractivity contribution in [3.8, 4) is 11.3 Å². The fourth-order valence-corrected chi connectivity index (χ4v) is 1.48. The summed E-state index contributed by atoms with van der Waals surface area (Å²) in [4.78, 5) is 3.23. The van der Waals surface area contributed by atoms with Crippen molar-refractivity contribution in [1.82, 2.24) is 4.98 Å². The zero-order valence-electron chi connectivity index (χ0n) is 7.63. The van der Waals surface area contributed by atoms with Crippen molar-refractivity contribution >= 4 is 11.6 Å². The third-order valence-corrected chi connectivity index (χ3v) is 2.37. The average Bonchev–Trinajstić information content (AvgIpc) is 2.67. The third-order valence-electron chi connectivity index (χ3n) is 2.12. The molecule has 0 saturated heterocycles. The SMILES string of the molecule is NCc1ccc(-c2ccc(Cl)cc2)[nH]1. The molecule has 1 aromatic heterocycles. The molecule has 2 rings (SSSR count). The van der Waals surface area contributed by atoms with Gasteiger partial charge in [-0.15, -0.1) is 0 Å². The maximum atomic E-state index is 5.80. The van der Waals surface area contributed by atoms with Gasteiger partial charge in [-0.2, -0.15) is 0 Å². The van der Waals surface area contributed by atoms with E-state index in [0.29, 0.717) is 6.54 Å². The van der Waals surface area contributed by atoms with Gasteiger partial charge in [0, 0.05) is 23.0 Å². The van der Waals surface area contributed by atoms with Gasteiger partial charge in [-0.1, -0.05) is 23.7 Å². The standard InChI is InChI=1S/C11H11ClN2/c12-9-3-1-8(2-4-9)11-6-5-10(7-13)14-11/h1-6,14H,7,13H2. The predicted molar refractivity (Wildman–Crippen MR) is 59.1 cm³/mol. The fourth-order valence-electron chi connectivity index (χ4n) is 1.36. The second kappa shape index (κ2) is 3.86. The molecule has 0 atom stereocenters. The van der Waals surface area contributed by atoms with Crippen LogP contribution in [-0.2, 0) is 6.54 Å². The second-order valence-corrected chi connectivity index (χ2v) is 3.54. The lowest BCUT2D eigenvalue weighted by molar-refractivity contribution is 1.01. The van der Waals surface area contributed by atoms with Crippen molar-refractivity contribution in [2.45, 2.75) is 6.54 Å². The van der Waals surface area contributed by atoms with Gasteiger partial charge in [0.2, 0.25) is 0 Å². The van der Waals surface area contributed by atoms with E-state index >= 15 is 0 Å². The minimum atomic E-state index is 0.535. The Balaban J connectivity index is 2.34. The van der Waals surface area contributed by atoms with Crippen LogP contribution in [0.5, 0.6) is 0 Å². The van der Waals surface area contributed by atoms with Gasteiger partial charge in [-0.05, 0) is 29.8 Å². The van der Waals surface area contributed by atoms with Crippen LogP contribution in [-0.4, -0.2) is 4.98 Å². The molecule has 14 heavy (non-hydrogen) atoms. The maximum absolute atomic E-state index is 5.80. The van der Waals surface area contributed by atoms with Crippen LogP contribution in [0.25, 0.3) is 11.3 Å². The number of hydrogen-bond donors (Lipinski definition) is 2. The first-order valence-corrected chi connectivity index (χ1v) is 4.81. The normalized spacial score (nSPS) is 10.4. The summed E-state index contributed by atoms with van der Waals surface area (Å²) in [6.07, 6.45) is 0. The van der Waals surface area contributed by atoms with Crippen molar-refractivity contribution in [3.05, 3.63) is 47.1 Å². The molecule has 0 saturated carbocycles. The van der Waals surface area contributed by atoms with Gasteiger partial charge in [0.05, 0.1) is 0 Å². The Bertz CT molecular complexity index is 417. The minimum Gasteiger partial charge on any atom is -0.357 e. The smallest absolute Gasteiger partial charge is 0.0456 e. The molecule has 2 aromatic rings. The average molecular weight is 207 g/mol. The highest BCUT2D eigenvalue weighted by Gasteiger charge is 1.99. The highest BCUT2D eigenvalue weighted by atomic mass is 35.5. The molecule has 0 aliphatic rings. The number of rotatable bonds is 2. The van der Waals surface area contributed by atoms with E-state index in [1.165, 1.54) is 0 Å². The van der Waals surface area contributed by atoms with E-state index in [1.807, 2.05) is 36.4 Å². The molecule has 1 heterocycles. The molecule has 0 amide bonds. The van der Waals surface area contributed by atoms with E-state index < -0.39 is 0 Å². The number of H-pyrrole nitrogens is 1. The lowest BCUT2D eigenvalue weighted by Crippen LogP contribution is -1.95. The Morgan fingerprint density at radius 2 is 1.79 bits per heavy atom. The van der Waals surface area contributed by atoms with Gasteiger partial charge in [0.25, 0.3) is 0 Å². The molecular formula is C11H11ClN2. The lowest BCUT2D eigenvalue weighted by atomic mass is 10.2. The van der Waals surface area contributed by atoms with Gasteiger partial charge in [-0.3, -0.25) is 0 Å². The van der Waals surface area contributed by atoms with E-state index in [9.17, 15) is 0 Å². The number of hydrogen-bond acceptors (Lipinski definition) is 1. The van der Waals surface area contributed by atoms with Crippen molar-refractivity contribution in [3.63, 3.8) is 0 Å². The predicted octanol–water partition coefficient (Wildman–Crippen LogP) is 2.79. The first kappa shape index (κ1) is 9.31. The van der Waals surface area contributed by atoms with Gasteiger partial charge in [0.15, 0.2) is 0 Å². The van der Waals surface area contributed by atoms with Crippen molar-refractivity contribution in [2.24, 2.45) is 5.73 Å². The highest BCUT2D eigenvalue weighted by Crippen LogP contribution is 2.20. The van der Waals surface area contributed by atoms with E-state index in [1.54, 1.807) is 0 Å². The summed E-state index contributed by atoms with van der Waals surface area (Å²) in [5, 5.41) is 0.749. The number of halogens is 1. The zero-order chi connectivity index (χ0) is 9.97. The van der Waals surface area contributed by atoms with Crippen LogP contribution in [0.4, 0.5) is 0 Å². The van der Waals surface area contributed by atoms with Crippen LogP contribution in [0.2, 0.25) is 5.02 Å². The number of benzene rings is 1. The molecule has 2 nitrogen and oxygen atoms in total. The Morgan fingerprint density at radius 1 is 1.07 bits per heavy atom. The van der Waals surface area contributed by atoms with Gasteiger partial charge in [0.1, 0.15) is 0 Å². The summed E-state index contributed by atoms with van der Waals surface area (Å²) in [7, 11) is 0. The van der Waals surface area contributed by atoms with Crippen molar-refractivity contribution < 1.29 is 0 Å². The topological polar surface area (TPSA) is 41.8 Å². The van der Waals surface area contributed by atoms with Crippen LogP contribution in [0.1, 0.15) is 5.69 Å². The first-order valence-electron chi connectivity index (χ1n) is 4.43.